The number of aromatic nitrogens is 1. The summed E-state index contributed by atoms with van der Waals surface area (Å²) in [6, 6.07) is 14.7. The van der Waals surface area contributed by atoms with Crippen LogP contribution in [0.1, 0.15) is 21.8 Å². The van der Waals surface area contributed by atoms with Crippen molar-refractivity contribution in [3.63, 3.8) is 0 Å². The van der Waals surface area contributed by atoms with Crippen LogP contribution in [-0.4, -0.2) is 45.0 Å². The molecule has 1 amide bonds. The number of hydrogen-bond donors (Lipinski definition) is 2. The summed E-state index contributed by atoms with van der Waals surface area (Å²) in [5.41, 5.74) is 1.03. The van der Waals surface area contributed by atoms with Gasteiger partial charge in [0.25, 0.3) is 5.91 Å². The Bertz CT molecular complexity index is 1210. The number of hydrogen-bond acceptors (Lipinski definition) is 8. The van der Waals surface area contributed by atoms with Gasteiger partial charge >= 0.3 is 5.97 Å². The maximum Gasteiger partial charge on any atom is 0.338 e. The molecule has 0 spiro atoms. The number of sulfonamides is 1. The third-order valence-corrected chi connectivity index (χ3v) is 6.84. The van der Waals surface area contributed by atoms with Crippen LogP contribution in [-0.2, 0) is 26.0 Å². The smallest absolute Gasteiger partial charge is 0.338 e. The Morgan fingerprint density at radius 1 is 1.09 bits per heavy atom. The van der Waals surface area contributed by atoms with Gasteiger partial charge in [-0.3, -0.25) is 4.79 Å². The van der Waals surface area contributed by atoms with Gasteiger partial charge in [-0.05, 0) is 36.4 Å². The average Bonchev–Trinajstić information content (AvgIpc) is 3.20. The maximum atomic E-state index is 12.1. The molecule has 0 fully saturated rings. The van der Waals surface area contributed by atoms with E-state index in [0.717, 1.165) is 15.2 Å². The van der Waals surface area contributed by atoms with E-state index < -0.39 is 28.5 Å². The number of carbonyl (C=O) groups is 2. The molecule has 0 radical (unpaired) electrons. The van der Waals surface area contributed by atoms with Gasteiger partial charge in [0, 0.05) is 25.9 Å². The third kappa shape index (κ3) is 6.34. The molecule has 0 aliphatic heterocycles. The van der Waals surface area contributed by atoms with Crippen LogP contribution in [0.25, 0.3) is 10.2 Å². The van der Waals surface area contributed by atoms with Crippen LogP contribution < -0.4 is 10.0 Å². The number of nitrogens with one attached hydrogen (secondary N) is 2. The molecule has 166 valence electrons. The summed E-state index contributed by atoms with van der Waals surface area (Å²) in [6.07, 6.45) is 0.615. The second-order valence-electron chi connectivity index (χ2n) is 6.58. The van der Waals surface area contributed by atoms with Crippen LogP contribution in [0, 0.1) is 11.3 Å². The molecule has 2 N–H and O–H groups in total. The highest BCUT2D eigenvalue weighted by molar-refractivity contribution is 7.89. The molecule has 11 heteroatoms. The predicted molar refractivity (Wildman–Crippen MR) is 118 cm³/mol. The van der Waals surface area contributed by atoms with Gasteiger partial charge in [0.05, 0.1) is 31.8 Å². The number of amides is 1. The lowest BCUT2D eigenvalue weighted by molar-refractivity contribution is -0.124. The zero-order valence-electron chi connectivity index (χ0n) is 16.9. The minimum absolute atomic E-state index is 0.00327. The zero-order valence-corrected chi connectivity index (χ0v) is 18.5. The number of carbonyl (C=O) groups excluding carboxylic acids is 2. The van der Waals surface area contributed by atoms with Crippen molar-refractivity contribution in [2.45, 2.75) is 17.7 Å². The Balaban J connectivity index is 1.43. The molecule has 2 aromatic carbocycles. The van der Waals surface area contributed by atoms with E-state index in [1.807, 2.05) is 30.3 Å². The summed E-state index contributed by atoms with van der Waals surface area (Å²) >= 11 is 1.56. The Hall–Kier alpha value is -3.33. The fraction of sp³-hybridized carbons (Fsp3) is 0.238. The maximum absolute atomic E-state index is 12.1. The van der Waals surface area contributed by atoms with Crippen molar-refractivity contribution in [1.82, 2.24) is 15.0 Å². The van der Waals surface area contributed by atoms with Crippen molar-refractivity contribution < 1.29 is 22.7 Å². The van der Waals surface area contributed by atoms with Crippen LogP contribution >= 0.6 is 11.3 Å². The molecule has 0 aliphatic rings. The molecular formula is C21H20N4O5S2. The van der Waals surface area contributed by atoms with E-state index in [2.05, 4.69) is 15.0 Å². The molecule has 3 rings (SSSR count). The van der Waals surface area contributed by atoms with Crippen molar-refractivity contribution in [1.29, 1.82) is 5.26 Å². The molecule has 3 aromatic rings. The SMILES string of the molecule is N#CCCNS(=O)(=O)c1ccc(C(=O)OCC(=O)NCCc2nc3ccccc3s2)cc1. The molecule has 1 aromatic heterocycles. The number of thiazole rings is 1. The number of fused-ring (bicyclic) bond motifs is 1. The summed E-state index contributed by atoms with van der Waals surface area (Å²) in [6.45, 7) is -0.0906. The molecule has 0 unspecified atom stereocenters. The lowest BCUT2D eigenvalue weighted by Crippen LogP contribution is -2.30. The first-order valence-electron chi connectivity index (χ1n) is 9.64. The van der Waals surface area contributed by atoms with Gasteiger partial charge in [-0.1, -0.05) is 12.1 Å². The largest absolute Gasteiger partial charge is 0.452 e. The molecule has 0 saturated carbocycles. The van der Waals surface area contributed by atoms with Gasteiger partial charge in [0.15, 0.2) is 6.61 Å². The minimum Gasteiger partial charge on any atom is -0.452 e. The summed E-state index contributed by atoms with van der Waals surface area (Å²) < 4.78 is 32.5. The zero-order chi connectivity index (χ0) is 23.0. The predicted octanol–water partition coefficient (Wildman–Crippen LogP) is 2.00. The summed E-state index contributed by atoms with van der Waals surface area (Å²) in [4.78, 5) is 28.5. The monoisotopic (exact) mass is 472 g/mol. The molecule has 1 heterocycles. The molecular weight excluding hydrogens is 452 g/mol. The van der Waals surface area contributed by atoms with E-state index in [-0.39, 0.29) is 23.4 Å². The van der Waals surface area contributed by atoms with Crippen LogP contribution in [0.5, 0.6) is 0 Å². The van der Waals surface area contributed by atoms with Crippen molar-refractivity contribution >= 4 is 43.5 Å². The fourth-order valence-corrected chi connectivity index (χ4v) is 4.69. The highest BCUT2D eigenvalue weighted by Gasteiger charge is 2.15. The molecule has 0 saturated heterocycles. The highest BCUT2D eigenvalue weighted by Crippen LogP contribution is 2.21. The topological polar surface area (TPSA) is 138 Å². The number of nitrogens with zero attached hydrogens (tertiary/aromatic N) is 2. The number of esters is 1. The van der Waals surface area contributed by atoms with E-state index in [1.165, 1.54) is 24.3 Å². The van der Waals surface area contributed by atoms with Gasteiger partial charge < -0.3 is 10.1 Å². The van der Waals surface area contributed by atoms with Crippen LogP contribution in [0.3, 0.4) is 0 Å². The van der Waals surface area contributed by atoms with E-state index in [1.54, 1.807) is 11.3 Å². The van der Waals surface area contributed by atoms with Crippen molar-refractivity contribution in [2.75, 3.05) is 19.7 Å². The van der Waals surface area contributed by atoms with Gasteiger partial charge in [0.1, 0.15) is 0 Å². The van der Waals surface area contributed by atoms with Gasteiger partial charge in [-0.15, -0.1) is 11.3 Å². The van der Waals surface area contributed by atoms with E-state index in [9.17, 15) is 18.0 Å². The highest BCUT2D eigenvalue weighted by atomic mass is 32.2. The van der Waals surface area contributed by atoms with E-state index in [4.69, 9.17) is 10.00 Å². The Morgan fingerprint density at radius 3 is 2.56 bits per heavy atom. The van der Waals surface area contributed by atoms with Gasteiger partial charge in [0.2, 0.25) is 10.0 Å². The van der Waals surface area contributed by atoms with Crippen molar-refractivity contribution in [3.8, 4) is 6.07 Å². The minimum atomic E-state index is -3.76. The molecule has 9 nitrogen and oxygen atoms in total. The summed E-state index contributed by atoms with van der Waals surface area (Å²) in [5, 5.41) is 12.1. The summed E-state index contributed by atoms with van der Waals surface area (Å²) in [7, 11) is -3.76. The first-order valence-corrected chi connectivity index (χ1v) is 11.9. The van der Waals surface area contributed by atoms with E-state index >= 15 is 0 Å². The number of benzene rings is 2. The second-order valence-corrected chi connectivity index (χ2v) is 9.46. The normalized spacial score (nSPS) is 11.1. The first kappa shape index (κ1) is 23.3. The average molecular weight is 473 g/mol. The standard InChI is InChI=1S/C21H20N4O5S2/c22-11-3-12-24-32(28,29)16-8-6-15(7-9-16)21(27)30-14-19(26)23-13-10-20-25-17-4-1-2-5-18(17)31-20/h1-2,4-9,24H,3,10,12-14H2,(H,23,26). The number of rotatable bonds is 10. The van der Waals surface area contributed by atoms with Crippen LogP contribution in [0.2, 0.25) is 0 Å². The molecule has 0 bridgehead atoms. The van der Waals surface area contributed by atoms with Crippen molar-refractivity contribution in [3.05, 3.63) is 59.1 Å². The summed E-state index contributed by atoms with van der Waals surface area (Å²) in [5.74, 6) is -1.19. The lowest BCUT2D eigenvalue weighted by Gasteiger charge is -2.07. The number of ether oxygens (including phenoxy) is 1. The fourth-order valence-electron chi connectivity index (χ4n) is 2.70. The Kier molecular flexibility index (Phi) is 7.88. The van der Waals surface area contributed by atoms with Gasteiger partial charge in [-0.25, -0.2) is 22.9 Å². The van der Waals surface area contributed by atoms with Crippen LogP contribution in [0.15, 0.2) is 53.4 Å². The number of nitriles is 1. The molecule has 32 heavy (non-hydrogen) atoms. The van der Waals surface area contributed by atoms with Gasteiger partial charge in [-0.2, -0.15) is 5.26 Å². The first-order chi connectivity index (χ1) is 15.4. The van der Waals surface area contributed by atoms with Crippen molar-refractivity contribution in [2.24, 2.45) is 0 Å². The second kappa shape index (κ2) is 10.8. The Labute approximate surface area is 189 Å². The lowest BCUT2D eigenvalue weighted by atomic mass is 10.2. The molecule has 0 atom stereocenters. The Morgan fingerprint density at radius 2 is 1.84 bits per heavy atom. The molecule has 0 aliphatic carbocycles. The quantitative estimate of drug-likeness (QED) is 0.340. The number of para-hydroxylation sites is 1. The van der Waals surface area contributed by atoms with Crippen LogP contribution in [0.4, 0.5) is 0 Å². The third-order valence-electron chi connectivity index (χ3n) is 4.26. The van der Waals surface area contributed by atoms with E-state index in [0.29, 0.717) is 13.0 Å².